The van der Waals surface area contributed by atoms with E-state index in [1.54, 1.807) is 25.1 Å². The Hall–Kier alpha value is -2.50. The van der Waals surface area contributed by atoms with E-state index in [9.17, 15) is 13.2 Å². The maximum atomic E-state index is 12.5. The van der Waals surface area contributed by atoms with Gasteiger partial charge in [-0.25, -0.2) is 0 Å². The maximum absolute atomic E-state index is 12.5. The second-order valence-electron chi connectivity index (χ2n) is 4.49. The molecular weight excluding hydrogens is 281 g/mol. The summed E-state index contributed by atoms with van der Waals surface area (Å²) in [5.74, 6) is 0.449. The van der Waals surface area contributed by atoms with Crippen molar-refractivity contribution in [3.63, 3.8) is 0 Å². The predicted molar refractivity (Wildman–Crippen MR) is 73.7 cm³/mol. The molecule has 2 aromatic carbocycles. The molecular formula is C15H13F3N2O. The third-order valence-electron chi connectivity index (χ3n) is 2.90. The number of para-hydroxylation sites is 1. The SMILES string of the molecule is Cc1cccc(C(=N)N)c1Oc1ccc(C(F)(F)F)cc1. The Labute approximate surface area is 119 Å². The van der Waals surface area contributed by atoms with Crippen LogP contribution < -0.4 is 10.5 Å². The third kappa shape index (κ3) is 3.34. The number of hydrogen-bond acceptors (Lipinski definition) is 2. The molecule has 0 aliphatic carbocycles. The van der Waals surface area contributed by atoms with E-state index in [2.05, 4.69) is 0 Å². The molecule has 2 aromatic rings. The Morgan fingerprint density at radius 2 is 1.71 bits per heavy atom. The molecule has 0 aromatic heterocycles. The summed E-state index contributed by atoms with van der Waals surface area (Å²) in [4.78, 5) is 0. The first kappa shape index (κ1) is 14.9. The molecule has 21 heavy (non-hydrogen) atoms. The minimum atomic E-state index is -4.38. The fraction of sp³-hybridized carbons (Fsp3) is 0.133. The summed E-state index contributed by atoms with van der Waals surface area (Å²) in [5, 5.41) is 7.50. The van der Waals surface area contributed by atoms with Crippen LogP contribution in [0.2, 0.25) is 0 Å². The molecule has 0 spiro atoms. The second-order valence-corrected chi connectivity index (χ2v) is 4.49. The number of benzene rings is 2. The summed E-state index contributed by atoms with van der Waals surface area (Å²) in [6.07, 6.45) is -4.38. The normalized spacial score (nSPS) is 11.2. The average molecular weight is 294 g/mol. The molecule has 110 valence electrons. The van der Waals surface area contributed by atoms with Gasteiger partial charge in [-0.3, -0.25) is 5.41 Å². The molecule has 3 N–H and O–H groups in total. The van der Waals surface area contributed by atoms with E-state index in [4.69, 9.17) is 15.9 Å². The van der Waals surface area contributed by atoms with Crippen molar-refractivity contribution in [3.8, 4) is 11.5 Å². The van der Waals surface area contributed by atoms with E-state index < -0.39 is 11.7 Å². The van der Waals surface area contributed by atoms with Crippen LogP contribution in [0, 0.1) is 12.3 Å². The van der Waals surface area contributed by atoms with Crippen molar-refractivity contribution < 1.29 is 17.9 Å². The largest absolute Gasteiger partial charge is 0.456 e. The van der Waals surface area contributed by atoms with Gasteiger partial charge in [-0.05, 0) is 42.8 Å². The van der Waals surface area contributed by atoms with Crippen LogP contribution in [0.25, 0.3) is 0 Å². The Balaban J connectivity index is 2.33. The van der Waals surface area contributed by atoms with Crippen LogP contribution in [0.5, 0.6) is 11.5 Å². The monoisotopic (exact) mass is 294 g/mol. The van der Waals surface area contributed by atoms with Crippen LogP contribution in [0.3, 0.4) is 0 Å². The summed E-state index contributed by atoms with van der Waals surface area (Å²) in [6.45, 7) is 1.77. The van der Waals surface area contributed by atoms with Crippen LogP contribution in [-0.4, -0.2) is 5.84 Å². The highest BCUT2D eigenvalue weighted by Crippen LogP contribution is 2.33. The van der Waals surface area contributed by atoms with Gasteiger partial charge < -0.3 is 10.5 Å². The molecule has 0 aliphatic heterocycles. The number of nitrogens with one attached hydrogen (secondary N) is 1. The fourth-order valence-corrected chi connectivity index (χ4v) is 1.83. The zero-order valence-corrected chi connectivity index (χ0v) is 11.2. The summed E-state index contributed by atoms with van der Waals surface area (Å²) in [5.41, 5.74) is 5.87. The number of nitrogen functional groups attached to an aromatic ring is 1. The number of ether oxygens (including phenoxy) is 1. The molecule has 0 unspecified atom stereocenters. The van der Waals surface area contributed by atoms with Crippen molar-refractivity contribution in [3.05, 3.63) is 59.2 Å². The smallest absolute Gasteiger partial charge is 0.416 e. The molecule has 2 rings (SSSR count). The minimum Gasteiger partial charge on any atom is -0.456 e. The Kier molecular flexibility index (Phi) is 3.88. The van der Waals surface area contributed by atoms with E-state index in [1.807, 2.05) is 0 Å². The first-order valence-electron chi connectivity index (χ1n) is 6.08. The highest BCUT2D eigenvalue weighted by Gasteiger charge is 2.30. The number of nitrogens with two attached hydrogens (primary N) is 1. The lowest BCUT2D eigenvalue weighted by Crippen LogP contribution is -2.12. The molecule has 0 saturated heterocycles. The van der Waals surface area contributed by atoms with Crippen molar-refractivity contribution >= 4 is 5.84 Å². The summed E-state index contributed by atoms with van der Waals surface area (Å²) in [7, 11) is 0. The van der Waals surface area contributed by atoms with Crippen LogP contribution in [0.4, 0.5) is 13.2 Å². The fourth-order valence-electron chi connectivity index (χ4n) is 1.83. The lowest BCUT2D eigenvalue weighted by atomic mass is 10.1. The van der Waals surface area contributed by atoms with Gasteiger partial charge >= 0.3 is 6.18 Å². The molecule has 6 heteroatoms. The van der Waals surface area contributed by atoms with Crippen molar-refractivity contribution in [1.29, 1.82) is 5.41 Å². The molecule has 0 atom stereocenters. The van der Waals surface area contributed by atoms with E-state index in [-0.39, 0.29) is 11.6 Å². The van der Waals surface area contributed by atoms with Gasteiger partial charge in [-0.15, -0.1) is 0 Å². The molecule has 0 aliphatic rings. The first-order chi connectivity index (χ1) is 9.79. The number of aryl methyl sites for hydroxylation is 1. The number of hydrogen-bond donors (Lipinski definition) is 2. The van der Waals surface area contributed by atoms with Crippen molar-refractivity contribution in [1.82, 2.24) is 0 Å². The summed E-state index contributed by atoms with van der Waals surface area (Å²) >= 11 is 0. The first-order valence-corrected chi connectivity index (χ1v) is 6.08. The van der Waals surface area contributed by atoms with Gasteiger partial charge in [0.2, 0.25) is 0 Å². The van der Waals surface area contributed by atoms with Gasteiger partial charge in [-0.1, -0.05) is 12.1 Å². The van der Waals surface area contributed by atoms with Crippen LogP contribution in [0.15, 0.2) is 42.5 Å². The van der Waals surface area contributed by atoms with E-state index in [0.29, 0.717) is 11.3 Å². The highest BCUT2D eigenvalue weighted by molar-refractivity contribution is 5.98. The minimum absolute atomic E-state index is 0.166. The maximum Gasteiger partial charge on any atom is 0.416 e. The Bertz CT molecular complexity index is 664. The topological polar surface area (TPSA) is 59.1 Å². The van der Waals surface area contributed by atoms with E-state index in [1.165, 1.54) is 12.1 Å². The van der Waals surface area contributed by atoms with Gasteiger partial charge in [0, 0.05) is 0 Å². The van der Waals surface area contributed by atoms with Gasteiger partial charge in [0.15, 0.2) is 0 Å². The lowest BCUT2D eigenvalue weighted by Gasteiger charge is -2.13. The number of amidine groups is 1. The Morgan fingerprint density at radius 3 is 2.24 bits per heavy atom. The zero-order chi connectivity index (χ0) is 15.6. The molecule has 0 heterocycles. The summed E-state index contributed by atoms with van der Waals surface area (Å²) in [6, 6.07) is 9.48. The Morgan fingerprint density at radius 1 is 1.10 bits per heavy atom. The average Bonchev–Trinajstić information content (AvgIpc) is 2.40. The van der Waals surface area contributed by atoms with Gasteiger partial charge in [0.25, 0.3) is 0 Å². The molecule has 0 saturated carbocycles. The molecule has 0 bridgehead atoms. The van der Waals surface area contributed by atoms with Gasteiger partial charge in [0.05, 0.1) is 11.1 Å². The number of halogens is 3. The van der Waals surface area contributed by atoms with Crippen LogP contribution in [0.1, 0.15) is 16.7 Å². The van der Waals surface area contributed by atoms with Gasteiger partial charge in [0.1, 0.15) is 17.3 Å². The van der Waals surface area contributed by atoms with Gasteiger partial charge in [-0.2, -0.15) is 13.2 Å². The molecule has 0 fully saturated rings. The van der Waals surface area contributed by atoms with Crippen molar-refractivity contribution in [2.24, 2.45) is 5.73 Å². The number of alkyl halides is 3. The second kappa shape index (κ2) is 5.47. The molecule has 0 amide bonds. The standard InChI is InChI=1S/C15H13F3N2O/c1-9-3-2-4-12(14(19)20)13(9)21-11-7-5-10(6-8-11)15(16,17)18/h2-8H,1H3,(H3,19,20). The molecule has 3 nitrogen and oxygen atoms in total. The number of rotatable bonds is 3. The van der Waals surface area contributed by atoms with Crippen molar-refractivity contribution in [2.75, 3.05) is 0 Å². The summed E-state index contributed by atoms with van der Waals surface area (Å²) < 4.78 is 43.1. The zero-order valence-electron chi connectivity index (χ0n) is 11.2. The third-order valence-corrected chi connectivity index (χ3v) is 2.90. The van der Waals surface area contributed by atoms with Crippen LogP contribution >= 0.6 is 0 Å². The quantitative estimate of drug-likeness (QED) is 0.661. The van der Waals surface area contributed by atoms with Crippen LogP contribution in [-0.2, 0) is 6.18 Å². The van der Waals surface area contributed by atoms with E-state index >= 15 is 0 Å². The van der Waals surface area contributed by atoms with Crippen molar-refractivity contribution in [2.45, 2.75) is 13.1 Å². The predicted octanol–water partition coefficient (Wildman–Crippen LogP) is 4.09. The lowest BCUT2D eigenvalue weighted by molar-refractivity contribution is -0.137. The van der Waals surface area contributed by atoms with E-state index in [0.717, 1.165) is 17.7 Å². The highest BCUT2D eigenvalue weighted by atomic mass is 19.4. The molecule has 0 radical (unpaired) electrons.